The van der Waals surface area contributed by atoms with Gasteiger partial charge in [0, 0.05) is 13.1 Å². The highest BCUT2D eigenvalue weighted by Crippen LogP contribution is 2.32. The molecule has 1 atom stereocenters. The van der Waals surface area contributed by atoms with E-state index < -0.39 is 11.7 Å². The SMILES string of the molecule is CN(Cc1ccccc1C(F)(F)F)CC1CCOCO1. The Bertz CT molecular complexity index is 431. The predicted octanol–water partition coefficient (Wildman–Crippen LogP) is 2.90. The number of ether oxygens (including phenoxy) is 2. The molecule has 1 unspecified atom stereocenters. The van der Waals surface area contributed by atoms with Gasteiger partial charge in [0.05, 0.1) is 18.3 Å². The molecule has 2 rings (SSSR count). The fraction of sp³-hybridized carbons (Fsp3) is 0.571. The van der Waals surface area contributed by atoms with Gasteiger partial charge in [-0.15, -0.1) is 0 Å². The molecule has 112 valence electrons. The third-order valence-electron chi connectivity index (χ3n) is 3.25. The van der Waals surface area contributed by atoms with Gasteiger partial charge in [-0.2, -0.15) is 13.2 Å². The van der Waals surface area contributed by atoms with Crippen LogP contribution in [0.4, 0.5) is 13.2 Å². The average Bonchev–Trinajstić information content (AvgIpc) is 2.39. The summed E-state index contributed by atoms with van der Waals surface area (Å²) in [7, 11) is 1.80. The first-order valence-electron chi connectivity index (χ1n) is 6.50. The number of hydrogen-bond acceptors (Lipinski definition) is 3. The van der Waals surface area contributed by atoms with Crippen molar-refractivity contribution in [2.24, 2.45) is 0 Å². The normalized spacial score (nSPS) is 20.4. The van der Waals surface area contributed by atoms with E-state index in [4.69, 9.17) is 9.47 Å². The van der Waals surface area contributed by atoms with E-state index in [0.717, 1.165) is 12.5 Å². The minimum Gasteiger partial charge on any atom is -0.355 e. The molecule has 1 aliphatic heterocycles. The largest absolute Gasteiger partial charge is 0.416 e. The van der Waals surface area contributed by atoms with E-state index in [0.29, 0.717) is 13.2 Å². The summed E-state index contributed by atoms with van der Waals surface area (Å²) in [5.41, 5.74) is -0.283. The van der Waals surface area contributed by atoms with Crippen LogP contribution >= 0.6 is 0 Å². The van der Waals surface area contributed by atoms with Crippen molar-refractivity contribution >= 4 is 0 Å². The molecule has 0 bridgehead atoms. The van der Waals surface area contributed by atoms with E-state index >= 15 is 0 Å². The molecule has 0 spiro atoms. The van der Waals surface area contributed by atoms with Crippen LogP contribution in [0, 0.1) is 0 Å². The molecule has 1 heterocycles. The molecule has 1 fully saturated rings. The third kappa shape index (κ3) is 4.19. The first kappa shape index (κ1) is 15.3. The summed E-state index contributed by atoms with van der Waals surface area (Å²) < 4.78 is 49.2. The standard InChI is InChI=1S/C14H18F3NO2/c1-18(9-12-6-7-19-10-20-12)8-11-4-2-3-5-13(11)14(15,16)17/h2-5,12H,6-10H2,1H3. The number of hydrogen-bond donors (Lipinski definition) is 0. The topological polar surface area (TPSA) is 21.7 Å². The fourth-order valence-electron chi connectivity index (χ4n) is 2.28. The van der Waals surface area contributed by atoms with Gasteiger partial charge >= 0.3 is 6.18 Å². The highest BCUT2D eigenvalue weighted by atomic mass is 19.4. The highest BCUT2D eigenvalue weighted by Gasteiger charge is 2.33. The van der Waals surface area contributed by atoms with Crippen LogP contribution in [0.1, 0.15) is 17.5 Å². The van der Waals surface area contributed by atoms with E-state index in [1.807, 2.05) is 4.90 Å². The van der Waals surface area contributed by atoms with Crippen LogP contribution < -0.4 is 0 Å². The number of likely N-dealkylation sites (N-methyl/N-ethyl adjacent to an activating group) is 1. The zero-order chi connectivity index (χ0) is 14.6. The molecular weight excluding hydrogens is 271 g/mol. The van der Waals surface area contributed by atoms with Crippen molar-refractivity contribution in [3.05, 3.63) is 35.4 Å². The van der Waals surface area contributed by atoms with Gasteiger partial charge in [-0.25, -0.2) is 0 Å². The smallest absolute Gasteiger partial charge is 0.355 e. The Kier molecular flexibility index (Phi) is 5.01. The van der Waals surface area contributed by atoms with Crippen LogP contribution in [-0.4, -0.2) is 38.0 Å². The summed E-state index contributed by atoms with van der Waals surface area (Å²) in [4.78, 5) is 1.85. The van der Waals surface area contributed by atoms with E-state index in [2.05, 4.69) is 0 Å². The van der Waals surface area contributed by atoms with Crippen molar-refractivity contribution < 1.29 is 22.6 Å². The Hall–Kier alpha value is -1.11. The highest BCUT2D eigenvalue weighted by molar-refractivity contribution is 5.29. The summed E-state index contributed by atoms with van der Waals surface area (Å²) in [5, 5.41) is 0. The van der Waals surface area contributed by atoms with Gasteiger partial charge in [-0.3, -0.25) is 4.90 Å². The van der Waals surface area contributed by atoms with Crippen molar-refractivity contribution in [3.63, 3.8) is 0 Å². The summed E-state index contributed by atoms with van der Waals surface area (Å²) >= 11 is 0. The number of alkyl halides is 3. The van der Waals surface area contributed by atoms with Crippen LogP contribution in [0.5, 0.6) is 0 Å². The Balaban J connectivity index is 1.98. The second-order valence-corrected chi connectivity index (χ2v) is 4.96. The molecule has 0 radical (unpaired) electrons. The molecule has 0 amide bonds. The molecule has 0 aliphatic carbocycles. The van der Waals surface area contributed by atoms with Crippen molar-refractivity contribution in [1.82, 2.24) is 4.90 Å². The van der Waals surface area contributed by atoms with Crippen LogP contribution in [0.3, 0.4) is 0 Å². The molecule has 1 saturated heterocycles. The van der Waals surface area contributed by atoms with Gasteiger partial charge in [-0.1, -0.05) is 18.2 Å². The third-order valence-corrected chi connectivity index (χ3v) is 3.25. The lowest BCUT2D eigenvalue weighted by Crippen LogP contribution is -2.35. The maximum atomic E-state index is 12.9. The van der Waals surface area contributed by atoms with Crippen molar-refractivity contribution in [1.29, 1.82) is 0 Å². The minimum absolute atomic E-state index is 0.0202. The van der Waals surface area contributed by atoms with Gasteiger partial charge in [0.25, 0.3) is 0 Å². The van der Waals surface area contributed by atoms with E-state index in [-0.39, 0.29) is 25.0 Å². The van der Waals surface area contributed by atoms with Gasteiger partial charge in [0.1, 0.15) is 6.79 Å². The zero-order valence-corrected chi connectivity index (χ0v) is 11.3. The number of benzene rings is 1. The quantitative estimate of drug-likeness (QED) is 0.850. The summed E-state index contributed by atoms with van der Waals surface area (Å²) in [6.45, 7) is 1.74. The monoisotopic (exact) mass is 289 g/mol. The second kappa shape index (κ2) is 6.56. The molecule has 0 saturated carbocycles. The van der Waals surface area contributed by atoms with Crippen LogP contribution in [-0.2, 0) is 22.2 Å². The summed E-state index contributed by atoms with van der Waals surface area (Å²) in [5.74, 6) is 0. The number of rotatable bonds is 4. The Morgan fingerprint density at radius 2 is 2.05 bits per heavy atom. The maximum absolute atomic E-state index is 12.9. The molecule has 3 nitrogen and oxygen atoms in total. The molecule has 1 aromatic rings. The molecule has 20 heavy (non-hydrogen) atoms. The van der Waals surface area contributed by atoms with Crippen LogP contribution in [0.25, 0.3) is 0 Å². The van der Waals surface area contributed by atoms with E-state index in [1.165, 1.54) is 12.1 Å². The molecule has 1 aromatic carbocycles. The van der Waals surface area contributed by atoms with Crippen LogP contribution in [0.15, 0.2) is 24.3 Å². The van der Waals surface area contributed by atoms with Crippen LogP contribution in [0.2, 0.25) is 0 Å². The Morgan fingerprint density at radius 1 is 1.30 bits per heavy atom. The number of halogens is 3. The molecule has 0 N–H and O–H groups in total. The maximum Gasteiger partial charge on any atom is 0.416 e. The molecule has 0 aromatic heterocycles. The second-order valence-electron chi connectivity index (χ2n) is 4.96. The number of nitrogens with zero attached hydrogens (tertiary/aromatic N) is 1. The summed E-state index contributed by atoms with van der Waals surface area (Å²) in [6.07, 6.45) is -3.52. The van der Waals surface area contributed by atoms with Crippen molar-refractivity contribution in [2.75, 3.05) is 27.0 Å². The lowest BCUT2D eigenvalue weighted by Gasteiger charge is -2.28. The Labute approximate surface area is 116 Å². The Morgan fingerprint density at radius 3 is 2.70 bits per heavy atom. The molecule has 1 aliphatic rings. The minimum atomic E-state index is -4.31. The average molecular weight is 289 g/mol. The first-order valence-corrected chi connectivity index (χ1v) is 6.50. The lowest BCUT2D eigenvalue weighted by molar-refractivity contribution is -0.144. The van der Waals surface area contributed by atoms with Crippen molar-refractivity contribution in [2.45, 2.75) is 25.2 Å². The lowest BCUT2D eigenvalue weighted by atomic mass is 10.1. The van der Waals surface area contributed by atoms with Gasteiger partial charge in [0.15, 0.2) is 0 Å². The summed E-state index contributed by atoms with van der Waals surface area (Å²) in [6, 6.07) is 5.68. The fourth-order valence-corrected chi connectivity index (χ4v) is 2.28. The van der Waals surface area contributed by atoms with Gasteiger partial charge in [-0.05, 0) is 25.1 Å². The molecule has 6 heteroatoms. The van der Waals surface area contributed by atoms with Gasteiger partial charge < -0.3 is 9.47 Å². The van der Waals surface area contributed by atoms with Crippen molar-refractivity contribution in [3.8, 4) is 0 Å². The van der Waals surface area contributed by atoms with Gasteiger partial charge in [0.2, 0.25) is 0 Å². The zero-order valence-electron chi connectivity index (χ0n) is 11.3. The first-order chi connectivity index (χ1) is 9.47. The predicted molar refractivity (Wildman–Crippen MR) is 68.1 cm³/mol. The molecular formula is C14H18F3NO2. The van der Waals surface area contributed by atoms with E-state index in [9.17, 15) is 13.2 Å². The van der Waals surface area contributed by atoms with E-state index in [1.54, 1.807) is 13.1 Å².